The van der Waals surface area contributed by atoms with Gasteiger partial charge in [0.2, 0.25) is 0 Å². The average molecular weight is 265 g/mol. The number of hydrogen-bond donors (Lipinski definition) is 1. The number of hydrogen-bond acceptors (Lipinski definition) is 3. The van der Waals surface area contributed by atoms with Crippen LogP contribution in [0.25, 0.3) is 0 Å². The van der Waals surface area contributed by atoms with Gasteiger partial charge in [-0.3, -0.25) is 4.79 Å². The zero-order chi connectivity index (χ0) is 13.1. The van der Waals surface area contributed by atoms with Gasteiger partial charge < -0.3 is 10.1 Å². The Bertz CT molecular complexity index is 300. The largest absolute Gasteiger partial charge is 0.465 e. The first kappa shape index (κ1) is 13.4. The van der Waals surface area contributed by atoms with E-state index in [9.17, 15) is 4.79 Å². The van der Waals surface area contributed by atoms with E-state index in [0.29, 0.717) is 36.9 Å². The van der Waals surface area contributed by atoms with Gasteiger partial charge in [0.1, 0.15) is 0 Å². The third-order valence-electron chi connectivity index (χ3n) is 5.23. The molecule has 1 N–H and O–H groups in total. The van der Waals surface area contributed by atoms with E-state index in [1.165, 1.54) is 57.8 Å². The van der Waals surface area contributed by atoms with Crippen LogP contribution in [0.2, 0.25) is 0 Å². The Kier molecular flexibility index (Phi) is 4.42. The zero-order valence-corrected chi connectivity index (χ0v) is 11.9. The Morgan fingerprint density at radius 2 is 1.63 bits per heavy atom. The molecule has 1 saturated carbocycles. The SMILES string of the molecule is O=C(CC1CC2CCC(C1)N2)OCC1CCCCC1. The van der Waals surface area contributed by atoms with Crippen molar-refractivity contribution in [3.05, 3.63) is 0 Å². The molecule has 3 aliphatic rings. The molecule has 0 amide bonds. The van der Waals surface area contributed by atoms with Crippen molar-refractivity contribution in [2.75, 3.05) is 6.61 Å². The minimum absolute atomic E-state index is 0.0527. The van der Waals surface area contributed by atoms with Crippen LogP contribution in [0.1, 0.15) is 64.2 Å². The van der Waals surface area contributed by atoms with Crippen molar-refractivity contribution in [1.29, 1.82) is 0 Å². The topological polar surface area (TPSA) is 38.3 Å². The monoisotopic (exact) mass is 265 g/mol. The van der Waals surface area contributed by atoms with Crippen molar-refractivity contribution >= 4 is 5.97 Å². The van der Waals surface area contributed by atoms with Crippen LogP contribution < -0.4 is 5.32 Å². The molecule has 2 bridgehead atoms. The smallest absolute Gasteiger partial charge is 0.306 e. The zero-order valence-electron chi connectivity index (χ0n) is 11.9. The lowest BCUT2D eigenvalue weighted by molar-refractivity contribution is -0.146. The predicted molar refractivity (Wildman–Crippen MR) is 74.8 cm³/mol. The van der Waals surface area contributed by atoms with Crippen LogP contribution >= 0.6 is 0 Å². The number of ether oxygens (including phenoxy) is 1. The van der Waals surface area contributed by atoms with Crippen molar-refractivity contribution in [3.8, 4) is 0 Å². The molecule has 2 atom stereocenters. The number of nitrogens with one attached hydrogen (secondary N) is 1. The summed E-state index contributed by atoms with van der Waals surface area (Å²) in [4.78, 5) is 11.9. The highest BCUT2D eigenvalue weighted by Gasteiger charge is 2.34. The van der Waals surface area contributed by atoms with Crippen molar-refractivity contribution in [3.63, 3.8) is 0 Å². The van der Waals surface area contributed by atoms with Crippen LogP contribution in [-0.2, 0) is 9.53 Å². The Labute approximate surface area is 116 Å². The molecule has 3 fully saturated rings. The Hall–Kier alpha value is -0.570. The normalized spacial score (nSPS) is 35.3. The van der Waals surface area contributed by atoms with E-state index < -0.39 is 0 Å². The van der Waals surface area contributed by atoms with Crippen LogP contribution in [-0.4, -0.2) is 24.7 Å². The predicted octanol–water partition coefficient (Wildman–Crippen LogP) is 3.03. The molecule has 19 heavy (non-hydrogen) atoms. The lowest BCUT2D eigenvalue weighted by atomic mass is 9.89. The molecule has 0 spiro atoms. The minimum atomic E-state index is 0.0527. The molecule has 108 valence electrons. The number of fused-ring (bicyclic) bond motifs is 2. The van der Waals surface area contributed by atoms with Gasteiger partial charge in [0.05, 0.1) is 6.61 Å². The summed E-state index contributed by atoms with van der Waals surface area (Å²) in [6.07, 6.45) is 12.1. The first-order valence-electron chi connectivity index (χ1n) is 8.21. The Morgan fingerprint density at radius 1 is 0.947 bits per heavy atom. The molecule has 2 unspecified atom stereocenters. The van der Waals surface area contributed by atoms with Gasteiger partial charge in [-0.1, -0.05) is 19.3 Å². The molecule has 2 saturated heterocycles. The van der Waals surface area contributed by atoms with E-state index >= 15 is 0 Å². The molecule has 0 aromatic heterocycles. The lowest BCUT2D eigenvalue weighted by Gasteiger charge is -2.28. The molecule has 0 aromatic rings. The molecule has 3 nitrogen and oxygen atoms in total. The molecule has 3 heteroatoms. The molecular weight excluding hydrogens is 238 g/mol. The number of carbonyl (C=O) groups is 1. The van der Waals surface area contributed by atoms with E-state index in [2.05, 4.69) is 5.32 Å². The number of esters is 1. The van der Waals surface area contributed by atoms with Crippen molar-refractivity contribution in [1.82, 2.24) is 5.32 Å². The standard InChI is InChI=1S/C16H27NO2/c18-16(19-11-12-4-2-1-3-5-12)10-13-8-14-6-7-15(9-13)17-14/h12-15,17H,1-11H2. The van der Waals surface area contributed by atoms with Gasteiger partial charge in [-0.05, 0) is 50.4 Å². The molecule has 3 rings (SSSR count). The van der Waals surface area contributed by atoms with Gasteiger partial charge in [0, 0.05) is 18.5 Å². The molecule has 0 aromatic carbocycles. The number of piperidine rings is 1. The summed E-state index contributed by atoms with van der Waals surface area (Å²) < 4.78 is 5.52. The highest BCUT2D eigenvalue weighted by Crippen LogP contribution is 2.33. The highest BCUT2D eigenvalue weighted by molar-refractivity contribution is 5.69. The fourth-order valence-electron chi connectivity index (χ4n) is 4.20. The van der Waals surface area contributed by atoms with Gasteiger partial charge in [0.15, 0.2) is 0 Å². The molecule has 2 aliphatic heterocycles. The van der Waals surface area contributed by atoms with E-state index in [1.54, 1.807) is 0 Å². The summed E-state index contributed by atoms with van der Waals surface area (Å²) in [5.74, 6) is 1.26. The average Bonchev–Trinajstić information content (AvgIpc) is 2.77. The van der Waals surface area contributed by atoms with E-state index in [-0.39, 0.29) is 5.97 Å². The maximum Gasteiger partial charge on any atom is 0.306 e. The summed E-state index contributed by atoms with van der Waals surface area (Å²) in [5.41, 5.74) is 0. The van der Waals surface area contributed by atoms with Gasteiger partial charge in [-0.2, -0.15) is 0 Å². The summed E-state index contributed by atoms with van der Waals surface area (Å²) in [6.45, 7) is 0.677. The van der Waals surface area contributed by atoms with Crippen molar-refractivity contribution in [2.24, 2.45) is 11.8 Å². The van der Waals surface area contributed by atoms with Crippen LogP contribution in [0, 0.1) is 11.8 Å². The van der Waals surface area contributed by atoms with Gasteiger partial charge in [0.25, 0.3) is 0 Å². The van der Waals surface area contributed by atoms with Gasteiger partial charge in [-0.25, -0.2) is 0 Å². The summed E-state index contributed by atoms with van der Waals surface area (Å²) in [7, 11) is 0. The summed E-state index contributed by atoms with van der Waals surface area (Å²) >= 11 is 0. The van der Waals surface area contributed by atoms with Gasteiger partial charge in [-0.15, -0.1) is 0 Å². The lowest BCUT2D eigenvalue weighted by Crippen LogP contribution is -2.38. The van der Waals surface area contributed by atoms with Crippen LogP contribution in [0.15, 0.2) is 0 Å². The van der Waals surface area contributed by atoms with Crippen molar-refractivity contribution in [2.45, 2.75) is 76.3 Å². The second-order valence-corrected chi connectivity index (χ2v) is 6.87. The first-order chi connectivity index (χ1) is 9.29. The molecule has 2 heterocycles. The summed E-state index contributed by atoms with van der Waals surface area (Å²) in [5, 5.41) is 3.63. The molecular formula is C16H27NO2. The van der Waals surface area contributed by atoms with E-state index in [4.69, 9.17) is 4.74 Å². The third-order valence-corrected chi connectivity index (χ3v) is 5.23. The molecule has 0 radical (unpaired) electrons. The Balaban J connectivity index is 1.36. The second-order valence-electron chi connectivity index (χ2n) is 6.87. The summed E-state index contributed by atoms with van der Waals surface area (Å²) in [6, 6.07) is 1.35. The van der Waals surface area contributed by atoms with Crippen LogP contribution in [0.5, 0.6) is 0 Å². The minimum Gasteiger partial charge on any atom is -0.465 e. The van der Waals surface area contributed by atoms with E-state index in [1.807, 2.05) is 0 Å². The van der Waals surface area contributed by atoms with Crippen molar-refractivity contribution < 1.29 is 9.53 Å². The highest BCUT2D eigenvalue weighted by atomic mass is 16.5. The first-order valence-corrected chi connectivity index (χ1v) is 8.21. The number of carbonyl (C=O) groups excluding carboxylic acids is 1. The van der Waals surface area contributed by atoms with Gasteiger partial charge >= 0.3 is 5.97 Å². The van der Waals surface area contributed by atoms with Crippen LogP contribution in [0.4, 0.5) is 0 Å². The Morgan fingerprint density at radius 3 is 2.32 bits per heavy atom. The molecule has 1 aliphatic carbocycles. The fourth-order valence-corrected chi connectivity index (χ4v) is 4.20. The van der Waals surface area contributed by atoms with E-state index in [0.717, 1.165) is 0 Å². The number of rotatable bonds is 4. The maximum absolute atomic E-state index is 11.9. The van der Waals surface area contributed by atoms with Crippen LogP contribution in [0.3, 0.4) is 0 Å². The maximum atomic E-state index is 11.9. The quantitative estimate of drug-likeness (QED) is 0.794. The second kappa shape index (κ2) is 6.25. The third kappa shape index (κ3) is 3.71. The fraction of sp³-hybridized carbons (Fsp3) is 0.938.